The number of anilines is 1. The molecule has 0 atom stereocenters. The Balaban J connectivity index is 1.96. The molecule has 28 heavy (non-hydrogen) atoms. The van der Waals surface area contributed by atoms with Crippen molar-refractivity contribution in [2.75, 3.05) is 19.1 Å². The van der Waals surface area contributed by atoms with Crippen LogP contribution >= 0.6 is 12.2 Å². The van der Waals surface area contributed by atoms with E-state index in [0.29, 0.717) is 17.1 Å². The van der Waals surface area contributed by atoms with E-state index in [-0.39, 0.29) is 16.5 Å². The quantitative estimate of drug-likeness (QED) is 0.613. The summed E-state index contributed by atoms with van der Waals surface area (Å²) in [4.78, 5) is 13.8. The largest absolute Gasteiger partial charge is 0.497 e. The number of ether oxygens (including phenoxy) is 2. The van der Waals surface area contributed by atoms with Crippen molar-refractivity contribution in [1.82, 2.24) is 5.32 Å². The number of alkyl halides is 3. The predicted molar refractivity (Wildman–Crippen MR) is 102 cm³/mol. The molecule has 2 aromatic carbocycles. The highest BCUT2D eigenvalue weighted by Gasteiger charge is 2.35. The highest BCUT2D eigenvalue weighted by atomic mass is 32.1. The minimum absolute atomic E-state index is 0.0111. The van der Waals surface area contributed by atoms with Gasteiger partial charge in [0.05, 0.1) is 25.5 Å². The molecular formula is C19H15F3N2O3S. The molecular weight excluding hydrogens is 393 g/mol. The maximum Gasteiger partial charge on any atom is 0.416 e. The van der Waals surface area contributed by atoms with Gasteiger partial charge in [0.2, 0.25) is 0 Å². The van der Waals surface area contributed by atoms with Crippen molar-refractivity contribution >= 4 is 35.0 Å². The predicted octanol–water partition coefficient (Wildman–Crippen LogP) is 3.98. The number of hydrogen-bond donors (Lipinski definition) is 1. The number of carbonyl (C=O) groups excluding carboxylic acids is 1. The third-order valence-electron chi connectivity index (χ3n) is 4.05. The van der Waals surface area contributed by atoms with Crippen LogP contribution in [0.2, 0.25) is 0 Å². The Bertz CT molecular complexity index is 973. The topological polar surface area (TPSA) is 50.8 Å². The van der Waals surface area contributed by atoms with Gasteiger partial charge in [0.25, 0.3) is 5.91 Å². The monoisotopic (exact) mass is 408 g/mol. The summed E-state index contributed by atoms with van der Waals surface area (Å²) in [7, 11) is 2.99. The minimum Gasteiger partial charge on any atom is -0.497 e. The second kappa shape index (κ2) is 7.51. The third-order valence-corrected chi connectivity index (χ3v) is 4.33. The van der Waals surface area contributed by atoms with Gasteiger partial charge in [-0.3, -0.25) is 9.69 Å². The molecule has 1 aliphatic heterocycles. The Hall–Kier alpha value is -3.07. The van der Waals surface area contributed by atoms with Gasteiger partial charge in [-0.15, -0.1) is 0 Å². The fourth-order valence-electron chi connectivity index (χ4n) is 2.68. The van der Waals surface area contributed by atoms with E-state index in [0.717, 1.165) is 17.0 Å². The van der Waals surface area contributed by atoms with Crippen LogP contribution in [-0.2, 0) is 11.0 Å². The van der Waals surface area contributed by atoms with Crippen molar-refractivity contribution in [2.24, 2.45) is 0 Å². The Morgan fingerprint density at radius 1 is 1.11 bits per heavy atom. The average Bonchev–Trinajstić information content (AvgIpc) is 2.94. The van der Waals surface area contributed by atoms with Crippen LogP contribution in [0.4, 0.5) is 18.9 Å². The molecule has 1 N–H and O–H groups in total. The Labute approximate surface area is 164 Å². The van der Waals surface area contributed by atoms with Crippen LogP contribution in [0.15, 0.2) is 48.2 Å². The van der Waals surface area contributed by atoms with Crippen LogP contribution in [0, 0.1) is 0 Å². The van der Waals surface area contributed by atoms with Gasteiger partial charge >= 0.3 is 6.18 Å². The first kappa shape index (κ1) is 19.7. The van der Waals surface area contributed by atoms with E-state index in [9.17, 15) is 18.0 Å². The lowest BCUT2D eigenvalue weighted by Crippen LogP contribution is -2.30. The number of carbonyl (C=O) groups is 1. The number of rotatable bonds is 4. The van der Waals surface area contributed by atoms with Crippen LogP contribution in [-0.4, -0.2) is 25.2 Å². The Morgan fingerprint density at radius 3 is 2.50 bits per heavy atom. The first-order chi connectivity index (χ1) is 13.2. The standard InChI is InChI=1S/C19H15F3N2O3S/c1-26-14-7-6-11(16(10-14)27-2)8-15-17(25)24(18(28)23-15)13-5-3-4-12(9-13)19(20,21)22/h3-10H,1-2H3,(H,23,28)/b15-8-. The zero-order valence-electron chi connectivity index (χ0n) is 14.8. The van der Waals surface area contributed by atoms with E-state index >= 15 is 0 Å². The molecule has 0 spiro atoms. The van der Waals surface area contributed by atoms with Gasteiger partial charge in [-0.25, -0.2) is 0 Å². The SMILES string of the molecule is COc1ccc(/C=C2\NC(=S)N(c3cccc(C(F)(F)F)c3)C2=O)c(OC)c1. The maximum absolute atomic E-state index is 13.0. The summed E-state index contributed by atoms with van der Waals surface area (Å²) in [5.74, 6) is 0.470. The van der Waals surface area contributed by atoms with Gasteiger partial charge in [-0.2, -0.15) is 13.2 Å². The first-order valence-corrected chi connectivity index (χ1v) is 8.42. The molecule has 1 fully saturated rings. The van der Waals surface area contributed by atoms with E-state index < -0.39 is 17.6 Å². The summed E-state index contributed by atoms with van der Waals surface area (Å²) in [5.41, 5.74) is -0.143. The summed E-state index contributed by atoms with van der Waals surface area (Å²) in [6.45, 7) is 0. The van der Waals surface area contributed by atoms with E-state index in [1.54, 1.807) is 18.2 Å². The van der Waals surface area contributed by atoms with Crippen LogP contribution in [0.3, 0.4) is 0 Å². The molecule has 1 amide bonds. The van der Waals surface area contributed by atoms with Crippen LogP contribution < -0.4 is 19.7 Å². The number of nitrogens with zero attached hydrogens (tertiary/aromatic N) is 1. The third kappa shape index (κ3) is 3.79. The summed E-state index contributed by atoms with van der Waals surface area (Å²) < 4.78 is 49.3. The molecule has 0 unspecified atom stereocenters. The lowest BCUT2D eigenvalue weighted by atomic mass is 10.1. The van der Waals surface area contributed by atoms with Crippen molar-refractivity contribution < 1.29 is 27.4 Å². The number of nitrogens with one attached hydrogen (secondary N) is 1. The summed E-state index contributed by atoms with van der Waals surface area (Å²) in [6, 6.07) is 9.45. The van der Waals surface area contributed by atoms with Crippen molar-refractivity contribution in [1.29, 1.82) is 0 Å². The van der Waals surface area contributed by atoms with Crippen molar-refractivity contribution in [2.45, 2.75) is 6.18 Å². The van der Waals surface area contributed by atoms with E-state index in [1.165, 1.54) is 32.4 Å². The van der Waals surface area contributed by atoms with Gasteiger partial charge in [0.1, 0.15) is 17.2 Å². The average molecular weight is 408 g/mol. The second-order valence-electron chi connectivity index (χ2n) is 5.78. The van der Waals surface area contributed by atoms with Crippen molar-refractivity contribution in [3.05, 3.63) is 59.3 Å². The second-order valence-corrected chi connectivity index (χ2v) is 6.17. The zero-order valence-corrected chi connectivity index (χ0v) is 15.6. The van der Waals surface area contributed by atoms with Crippen LogP contribution in [0.5, 0.6) is 11.5 Å². The molecule has 1 heterocycles. The highest BCUT2D eigenvalue weighted by molar-refractivity contribution is 7.80. The Morgan fingerprint density at radius 2 is 1.86 bits per heavy atom. The van der Waals surface area contributed by atoms with Gasteiger partial charge < -0.3 is 14.8 Å². The molecule has 1 saturated heterocycles. The number of amides is 1. The van der Waals surface area contributed by atoms with Crippen molar-refractivity contribution in [3.8, 4) is 11.5 Å². The molecule has 0 aromatic heterocycles. The molecule has 0 saturated carbocycles. The maximum atomic E-state index is 13.0. The zero-order chi connectivity index (χ0) is 20.5. The molecule has 0 aliphatic carbocycles. The highest BCUT2D eigenvalue weighted by Crippen LogP contribution is 2.33. The van der Waals surface area contributed by atoms with Gasteiger partial charge in [0, 0.05) is 11.6 Å². The first-order valence-electron chi connectivity index (χ1n) is 8.01. The fourth-order valence-corrected chi connectivity index (χ4v) is 2.98. The molecule has 5 nitrogen and oxygen atoms in total. The van der Waals surface area contributed by atoms with Crippen molar-refractivity contribution in [3.63, 3.8) is 0 Å². The van der Waals surface area contributed by atoms with E-state index in [2.05, 4.69) is 5.32 Å². The number of benzene rings is 2. The number of hydrogen-bond acceptors (Lipinski definition) is 4. The van der Waals surface area contributed by atoms with Gasteiger partial charge in [-0.1, -0.05) is 6.07 Å². The molecule has 3 rings (SSSR count). The lowest BCUT2D eigenvalue weighted by molar-refractivity contribution is -0.137. The normalized spacial score (nSPS) is 15.8. The van der Waals surface area contributed by atoms with E-state index in [4.69, 9.17) is 21.7 Å². The number of methoxy groups -OCH3 is 2. The smallest absolute Gasteiger partial charge is 0.416 e. The Kier molecular flexibility index (Phi) is 5.28. The summed E-state index contributed by atoms with van der Waals surface area (Å²) in [5, 5.41) is 2.73. The molecule has 9 heteroatoms. The van der Waals surface area contributed by atoms with E-state index in [1.807, 2.05) is 0 Å². The fraction of sp³-hybridized carbons (Fsp3) is 0.158. The summed E-state index contributed by atoms with van der Waals surface area (Å²) >= 11 is 5.15. The molecule has 2 aromatic rings. The lowest BCUT2D eigenvalue weighted by Gasteiger charge is -2.16. The van der Waals surface area contributed by atoms with Crippen LogP contribution in [0.1, 0.15) is 11.1 Å². The van der Waals surface area contributed by atoms with Gasteiger partial charge in [-0.05, 0) is 48.6 Å². The van der Waals surface area contributed by atoms with Crippen LogP contribution in [0.25, 0.3) is 6.08 Å². The minimum atomic E-state index is -4.52. The molecule has 146 valence electrons. The molecule has 0 radical (unpaired) electrons. The van der Waals surface area contributed by atoms with Gasteiger partial charge in [0.15, 0.2) is 5.11 Å². The molecule has 1 aliphatic rings. The number of halogens is 3. The summed E-state index contributed by atoms with van der Waals surface area (Å²) in [6.07, 6.45) is -3.01. The number of thiocarbonyl (C=S) groups is 1. The molecule has 0 bridgehead atoms.